The average molecular weight is 441 g/mol. The molecule has 1 aromatic rings. The number of alkyl halides is 3. The maximum absolute atomic E-state index is 12.6. The van der Waals surface area contributed by atoms with E-state index in [0.29, 0.717) is 42.7 Å². The van der Waals surface area contributed by atoms with Crippen LogP contribution in [0.15, 0.2) is 17.1 Å². The molecule has 28 heavy (non-hydrogen) atoms. The molecular formula is C17H27F3N4O2S2. The summed E-state index contributed by atoms with van der Waals surface area (Å²) in [7, 11) is -5.22. The van der Waals surface area contributed by atoms with Gasteiger partial charge < -0.3 is 10.6 Å². The van der Waals surface area contributed by atoms with E-state index in [4.69, 9.17) is 0 Å². The highest BCUT2D eigenvalue weighted by Crippen LogP contribution is 2.30. The lowest BCUT2D eigenvalue weighted by Crippen LogP contribution is -2.47. The second-order valence-corrected chi connectivity index (χ2v) is 9.77. The van der Waals surface area contributed by atoms with Crippen LogP contribution in [0.4, 0.5) is 13.2 Å². The third kappa shape index (κ3) is 6.08. The van der Waals surface area contributed by atoms with Gasteiger partial charge in [-0.25, -0.2) is 13.4 Å². The van der Waals surface area contributed by atoms with Crippen LogP contribution in [0.25, 0.3) is 0 Å². The molecule has 0 atom stereocenters. The van der Waals surface area contributed by atoms with Gasteiger partial charge in [-0.1, -0.05) is 6.92 Å². The molecule has 6 nitrogen and oxygen atoms in total. The van der Waals surface area contributed by atoms with E-state index in [-0.39, 0.29) is 19.0 Å². The number of rotatable bonds is 7. The number of piperidine rings is 1. The molecule has 0 saturated carbocycles. The molecule has 1 aliphatic rings. The van der Waals surface area contributed by atoms with Gasteiger partial charge in [-0.05, 0) is 44.2 Å². The van der Waals surface area contributed by atoms with Crippen LogP contribution < -0.4 is 10.6 Å². The summed E-state index contributed by atoms with van der Waals surface area (Å²) in [4.78, 5) is 7.03. The van der Waals surface area contributed by atoms with Crippen molar-refractivity contribution in [2.45, 2.75) is 45.2 Å². The maximum Gasteiger partial charge on any atom is 0.511 e. The minimum absolute atomic E-state index is 0.0944. The maximum atomic E-state index is 12.6. The van der Waals surface area contributed by atoms with Crippen molar-refractivity contribution in [1.29, 1.82) is 0 Å². The van der Waals surface area contributed by atoms with Crippen molar-refractivity contribution in [3.63, 3.8) is 0 Å². The first-order chi connectivity index (χ1) is 13.2. The van der Waals surface area contributed by atoms with Gasteiger partial charge in [-0.15, -0.1) is 11.3 Å². The van der Waals surface area contributed by atoms with E-state index in [2.05, 4.69) is 34.7 Å². The molecule has 2 N–H and O–H groups in total. The van der Waals surface area contributed by atoms with Crippen molar-refractivity contribution in [3.05, 3.63) is 21.9 Å². The zero-order valence-electron chi connectivity index (χ0n) is 16.1. The van der Waals surface area contributed by atoms with Gasteiger partial charge in [0, 0.05) is 35.9 Å². The van der Waals surface area contributed by atoms with E-state index in [1.165, 1.54) is 9.75 Å². The highest BCUT2D eigenvalue weighted by Gasteiger charge is 2.50. The first kappa shape index (κ1) is 23.0. The normalized spacial score (nSPS) is 17.7. The van der Waals surface area contributed by atoms with Crippen LogP contribution in [0.1, 0.15) is 36.4 Å². The molecule has 1 saturated heterocycles. The summed E-state index contributed by atoms with van der Waals surface area (Å²) >= 11 is 1.73. The predicted molar refractivity (Wildman–Crippen MR) is 106 cm³/mol. The Labute approximate surface area is 168 Å². The average Bonchev–Trinajstić information content (AvgIpc) is 3.11. The van der Waals surface area contributed by atoms with E-state index < -0.39 is 15.5 Å². The SMILES string of the molecule is CCNC(=NCc1ccc(CC)s1)NCC1CCN(S(=O)(=O)C(F)(F)F)CC1. The summed E-state index contributed by atoms with van der Waals surface area (Å²) in [5.74, 6) is 0.747. The number of thiophene rings is 1. The lowest BCUT2D eigenvalue weighted by Gasteiger charge is -2.31. The number of nitrogens with zero attached hydrogens (tertiary/aromatic N) is 2. The molecule has 1 aliphatic heterocycles. The molecule has 1 fully saturated rings. The number of guanidine groups is 1. The first-order valence-electron chi connectivity index (χ1n) is 9.33. The lowest BCUT2D eigenvalue weighted by molar-refractivity contribution is -0.0496. The van der Waals surface area contributed by atoms with Gasteiger partial charge in [0.2, 0.25) is 0 Å². The molecular weight excluding hydrogens is 413 g/mol. The smallest absolute Gasteiger partial charge is 0.357 e. The fourth-order valence-electron chi connectivity index (χ4n) is 2.94. The van der Waals surface area contributed by atoms with Crippen molar-refractivity contribution in [1.82, 2.24) is 14.9 Å². The molecule has 0 aromatic carbocycles. The van der Waals surface area contributed by atoms with Gasteiger partial charge in [0.05, 0.1) is 6.54 Å². The van der Waals surface area contributed by atoms with Crippen molar-refractivity contribution >= 4 is 27.3 Å². The highest BCUT2D eigenvalue weighted by atomic mass is 32.2. The molecule has 2 rings (SSSR count). The summed E-state index contributed by atoms with van der Waals surface area (Å²) in [5.41, 5.74) is -5.23. The van der Waals surface area contributed by atoms with Crippen molar-refractivity contribution in [2.24, 2.45) is 10.9 Å². The van der Waals surface area contributed by atoms with Crippen LogP contribution in [0, 0.1) is 5.92 Å². The molecule has 11 heteroatoms. The number of aliphatic imine (C=N–C) groups is 1. The van der Waals surface area contributed by atoms with Crippen LogP contribution in [-0.2, 0) is 23.0 Å². The van der Waals surface area contributed by atoms with Crippen molar-refractivity contribution in [3.8, 4) is 0 Å². The Morgan fingerprint density at radius 2 is 1.86 bits per heavy atom. The quantitative estimate of drug-likeness (QED) is 0.505. The van der Waals surface area contributed by atoms with E-state index in [9.17, 15) is 21.6 Å². The lowest BCUT2D eigenvalue weighted by atomic mass is 9.98. The third-order valence-electron chi connectivity index (χ3n) is 4.57. The van der Waals surface area contributed by atoms with Gasteiger partial charge in [0.15, 0.2) is 5.96 Å². The number of hydrogen-bond acceptors (Lipinski definition) is 4. The van der Waals surface area contributed by atoms with Gasteiger partial charge in [-0.2, -0.15) is 17.5 Å². The zero-order chi connectivity index (χ0) is 20.8. The van der Waals surface area contributed by atoms with Gasteiger partial charge in [0.25, 0.3) is 0 Å². The molecule has 0 amide bonds. The second-order valence-electron chi connectivity index (χ2n) is 6.59. The summed E-state index contributed by atoms with van der Waals surface area (Å²) in [5, 5.41) is 6.37. The fourth-order valence-corrected chi connectivity index (χ4v) is 4.80. The van der Waals surface area contributed by atoms with Crippen LogP contribution in [0.5, 0.6) is 0 Å². The molecule has 160 valence electrons. The summed E-state index contributed by atoms with van der Waals surface area (Å²) in [6.07, 6.45) is 1.76. The molecule has 1 aromatic heterocycles. The van der Waals surface area contributed by atoms with Crippen LogP contribution in [-0.4, -0.2) is 50.4 Å². The van der Waals surface area contributed by atoms with E-state index in [0.717, 1.165) is 6.42 Å². The number of sulfonamides is 1. The Morgan fingerprint density at radius 1 is 1.21 bits per heavy atom. The van der Waals surface area contributed by atoms with Crippen LogP contribution >= 0.6 is 11.3 Å². The Kier molecular flexibility index (Phi) is 8.14. The number of aryl methyl sites for hydroxylation is 1. The molecule has 0 spiro atoms. The zero-order valence-corrected chi connectivity index (χ0v) is 17.7. The molecule has 2 heterocycles. The number of nitrogens with one attached hydrogen (secondary N) is 2. The summed E-state index contributed by atoms with van der Waals surface area (Å²) in [6.45, 7) is 5.62. The second kappa shape index (κ2) is 9.93. The minimum Gasteiger partial charge on any atom is -0.357 e. The van der Waals surface area contributed by atoms with E-state index in [1.807, 2.05) is 6.92 Å². The number of hydrogen-bond donors (Lipinski definition) is 2. The van der Waals surface area contributed by atoms with Gasteiger partial charge in [-0.3, -0.25) is 0 Å². The van der Waals surface area contributed by atoms with E-state index >= 15 is 0 Å². The van der Waals surface area contributed by atoms with Crippen LogP contribution in [0.2, 0.25) is 0 Å². The Balaban J connectivity index is 1.85. The minimum atomic E-state index is -5.23. The van der Waals surface area contributed by atoms with Gasteiger partial charge in [0.1, 0.15) is 0 Å². The highest BCUT2D eigenvalue weighted by molar-refractivity contribution is 7.90. The van der Waals surface area contributed by atoms with Gasteiger partial charge >= 0.3 is 15.5 Å². The van der Waals surface area contributed by atoms with Crippen molar-refractivity contribution in [2.75, 3.05) is 26.2 Å². The summed E-state index contributed by atoms with van der Waals surface area (Å²) in [6, 6.07) is 4.16. The monoisotopic (exact) mass is 440 g/mol. The predicted octanol–water partition coefficient (Wildman–Crippen LogP) is 2.93. The standard InChI is InChI=1S/C17H27F3N4O2S2/c1-3-14-5-6-15(27-14)12-23-16(21-4-2)22-11-13-7-9-24(10-8-13)28(25,26)17(18,19)20/h5-6,13H,3-4,7-12H2,1-2H3,(H2,21,22,23). The fraction of sp³-hybridized carbons (Fsp3) is 0.706. The molecule has 0 aliphatic carbocycles. The largest absolute Gasteiger partial charge is 0.511 e. The van der Waals surface area contributed by atoms with Crippen molar-refractivity contribution < 1.29 is 21.6 Å². The topological polar surface area (TPSA) is 73.8 Å². The third-order valence-corrected chi connectivity index (χ3v) is 7.41. The molecule has 0 bridgehead atoms. The first-order valence-corrected chi connectivity index (χ1v) is 11.6. The Bertz CT molecular complexity index is 755. The Morgan fingerprint density at radius 3 is 2.39 bits per heavy atom. The Hall–Kier alpha value is -1.33. The van der Waals surface area contributed by atoms with Crippen LogP contribution in [0.3, 0.4) is 0 Å². The summed E-state index contributed by atoms with van der Waals surface area (Å²) < 4.78 is 61.4. The molecule has 0 unspecified atom stereocenters. The molecule has 0 radical (unpaired) electrons. The number of halogens is 3. The van der Waals surface area contributed by atoms with E-state index in [1.54, 1.807) is 11.3 Å².